The lowest BCUT2D eigenvalue weighted by molar-refractivity contribution is 0.0991. The van der Waals surface area contributed by atoms with Crippen LogP contribution in [0.5, 0.6) is 0 Å². The van der Waals surface area contributed by atoms with Crippen molar-refractivity contribution in [1.29, 1.82) is 0 Å². The molecule has 2 aromatic heterocycles. The van der Waals surface area contributed by atoms with Gasteiger partial charge in [-0.15, -0.1) is 0 Å². The topological polar surface area (TPSA) is 108 Å². The van der Waals surface area contributed by atoms with Crippen molar-refractivity contribution in [3.8, 4) is 0 Å². The van der Waals surface area contributed by atoms with Crippen molar-refractivity contribution in [2.45, 2.75) is 13.5 Å². The Morgan fingerprint density at radius 1 is 1.17 bits per heavy atom. The number of amides is 1. The van der Waals surface area contributed by atoms with Gasteiger partial charge in [-0.05, 0) is 24.6 Å². The van der Waals surface area contributed by atoms with Gasteiger partial charge in [0.05, 0.1) is 17.4 Å². The summed E-state index contributed by atoms with van der Waals surface area (Å²) < 4.78 is 28.4. The van der Waals surface area contributed by atoms with E-state index in [0.717, 1.165) is 5.56 Å². The van der Waals surface area contributed by atoms with E-state index in [2.05, 4.69) is 19.9 Å². The first-order chi connectivity index (χ1) is 14.3. The molecule has 0 bridgehead atoms. The zero-order valence-corrected chi connectivity index (χ0v) is 16.3. The molecule has 0 saturated carbocycles. The van der Waals surface area contributed by atoms with Gasteiger partial charge in [0.25, 0.3) is 11.5 Å². The Hall–Kier alpha value is -3.40. The normalized spacial score (nSPS) is 15.0. The highest BCUT2D eigenvalue weighted by Crippen LogP contribution is 2.21. The van der Waals surface area contributed by atoms with Crippen molar-refractivity contribution in [3.63, 3.8) is 0 Å². The summed E-state index contributed by atoms with van der Waals surface area (Å²) in [5.41, 5.74) is 6.42. The summed E-state index contributed by atoms with van der Waals surface area (Å²) in [7, 11) is 0. The van der Waals surface area contributed by atoms with E-state index in [0.29, 0.717) is 43.9 Å². The molecule has 156 valence electrons. The van der Waals surface area contributed by atoms with Gasteiger partial charge in [0.1, 0.15) is 11.2 Å². The van der Waals surface area contributed by atoms with E-state index in [1.165, 1.54) is 25.3 Å². The minimum atomic E-state index is -0.904. The Morgan fingerprint density at radius 2 is 1.90 bits per heavy atom. The zero-order valence-electron chi connectivity index (χ0n) is 16.3. The number of aryl methyl sites for hydroxylation is 1. The number of nitrogens with one attached hydrogen (secondary N) is 1. The molecule has 1 aliphatic heterocycles. The summed E-state index contributed by atoms with van der Waals surface area (Å²) in [6, 6.07) is 4.43. The number of anilines is 1. The van der Waals surface area contributed by atoms with Crippen LogP contribution >= 0.6 is 0 Å². The molecule has 1 fully saturated rings. The van der Waals surface area contributed by atoms with E-state index in [-0.39, 0.29) is 22.5 Å². The quantitative estimate of drug-likeness (QED) is 0.667. The van der Waals surface area contributed by atoms with E-state index in [1.807, 2.05) is 4.90 Å². The number of pyridine rings is 1. The molecule has 4 rings (SSSR count). The lowest BCUT2D eigenvalue weighted by atomic mass is 10.1. The molecule has 0 spiro atoms. The number of primary amides is 1. The van der Waals surface area contributed by atoms with Gasteiger partial charge in [-0.2, -0.15) is 0 Å². The molecule has 0 atom stereocenters. The molecule has 0 aliphatic carbocycles. The predicted molar refractivity (Wildman–Crippen MR) is 107 cm³/mol. The van der Waals surface area contributed by atoms with Crippen molar-refractivity contribution in [2.24, 2.45) is 5.73 Å². The summed E-state index contributed by atoms with van der Waals surface area (Å²) >= 11 is 0. The van der Waals surface area contributed by atoms with Gasteiger partial charge in [-0.1, -0.05) is 0 Å². The third-order valence-corrected chi connectivity index (χ3v) is 5.18. The number of aromatic amines is 1. The molecular weight excluding hydrogens is 394 g/mol. The number of halogens is 2. The second kappa shape index (κ2) is 7.79. The number of carbonyl (C=O) groups excluding carboxylic acids is 1. The van der Waals surface area contributed by atoms with Crippen molar-refractivity contribution in [2.75, 3.05) is 31.1 Å². The molecule has 10 heteroatoms. The molecule has 0 radical (unpaired) electrons. The minimum Gasteiger partial charge on any atom is -0.368 e. The van der Waals surface area contributed by atoms with Crippen LogP contribution in [0.4, 0.5) is 14.5 Å². The van der Waals surface area contributed by atoms with Crippen molar-refractivity contribution < 1.29 is 13.6 Å². The molecular formula is C20H20F2N6O2. The fraction of sp³-hybridized carbons (Fsp3) is 0.300. The first-order valence-corrected chi connectivity index (χ1v) is 9.43. The highest BCUT2D eigenvalue weighted by molar-refractivity contribution is 5.91. The van der Waals surface area contributed by atoms with Crippen molar-refractivity contribution >= 4 is 22.6 Å². The fourth-order valence-corrected chi connectivity index (χ4v) is 3.59. The SMILES string of the molecule is Cc1nc2c(F)cc(CN3CCN(c4cnc(C(N)=O)c(F)c4)CC3)cc2[nH]c1=O. The van der Waals surface area contributed by atoms with Crippen LogP contribution in [0.2, 0.25) is 0 Å². The van der Waals surface area contributed by atoms with Crippen LogP contribution in [-0.4, -0.2) is 51.9 Å². The number of piperazine rings is 1. The number of hydrogen-bond donors (Lipinski definition) is 2. The average Bonchev–Trinajstić information content (AvgIpc) is 2.70. The Kier molecular flexibility index (Phi) is 5.17. The standard InChI is InChI=1S/C20H20F2N6O2/c1-11-20(30)26-16-7-12(6-14(21)17(16)25-11)10-27-2-4-28(5-3-27)13-8-15(22)18(19(23)29)24-9-13/h6-9H,2-5,10H2,1H3,(H2,23,29)(H,26,30). The fourth-order valence-electron chi connectivity index (χ4n) is 3.59. The Labute approximate surface area is 170 Å². The summed E-state index contributed by atoms with van der Waals surface area (Å²) in [5.74, 6) is -2.12. The molecule has 8 nitrogen and oxygen atoms in total. The zero-order chi connectivity index (χ0) is 21.4. The maximum atomic E-state index is 14.4. The number of nitrogens with zero attached hydrogens (tertiary/aromatic N) is 4. The first-order valence-electron chi connectivity index (χ1n) is 9.43. The van der Waals surface area contributed by atoms with Crippen molar-refractivity contribution in [3.05, 3.63) is 63.3 Å². The highest BCUT2D eigenvalue weighted by Gasteiger charge is 2.20. The minimum absolute atomic E-state index is 0.148. The average molecular weight is 414 g/mol. The van der Waals surface area contributed by atoms with Gasteiger partial charge in [-0.25, -0.2) is 18.7 Å². The van der Waals surface area contributed by atoms with Gasteiger partial charge in [-0.3, -0.25) is 14.5 Å². The number of rotatable bonds is 4. The monoisotopic (exact) mass is 414 g/mol. The lowest BCUT2D eigenvalue weighted by Crippen LogP contribution is -2.46. The highest BCUT2D eigenvalue weighted by atomic mass is 19.1. The molecule has 1 aliphatic rings. The Bertz CT molecular complexity index is 1190. The Balaban J connectivity index is 1.45. The second-order valence-electron chi connectivity index (χ2n) is 7.28. The van der Waals surface area contributed by atoms with E-state index < -0.39 is 17.5 Å². The van der Waals surface area contributed by atoms with Crippen LogP contribution in [0.3, 0.4) is 0 Å². The van der Waals surface area contributed by atoms with E-state index in [4.69, 9.17) is 5.73 Å². The number of carbonyl (C=O) groups is 1. The summed E-state index contributed by atoms with van der Waals surface area (Å²) in [6.45, 7) is 4.61. The molecule has 30 heavy (non-hydrogen) atoms. The number of hydrogen-bond acceptors (Lipinski definition) is 6. The van der Waals surface area contributed by atoms with Crippen molar-refractivity contribution in [1.82, 2.24) is 19.9 Å². The largest absolute Gasteiger partial charge is 0.368 e. The smallest absolute Gasteiger partial charge is 0.270 e. The maximum absolute atomic E-state index is 14.4. The van der Waals surface area contributed by atoms with Gasteiger partial charge < -0.3 is 15.6 Å². The second-order valence-corrected chi connectivity index (χ2v) is 7.28. The number of nitrogens with two attached hydrogens (primary N) is 1. The molecule has 1 saturated heterocycles. The summed E-state index contributed by atoms with van der Waals surface area (Å²) in [4.78, 5) is 37.5. The molecule has 1 aromatic carbocycles. The van der Waals surface area contributed by atoms with Crippen LogP contribution in [0.15, 0.2) is 29.2 Å². The van der Waals surface area contributed by atoms with Crippen LogP contribution < -0.4 is 16.2 Å². The first kappa shape index (κ1) is 19.9. The molecule has 3 aromatic rings. The third kappa shape index (κ3) is 3.86. The molecule has 1 amide bonds. The van der Waals surface area contributed by atoms with Gasteiger partial charge in [0, 0.05) is 38.8 Å². The summed E-state index contributed by atoms with van der Waals surface area (Å²) in [5, 5.41) is 0. The van der Waals surface area contributed by atoms with Crippen LogP contribution in [0, 0.1) is 18.6 Å². The van der Waals surface area contributed by atoms with Crippen LogP contribution in [-0.2, 0) is 6.54 Å². The van der Waals surface area contributed by atoms with Crippen LogP contribution in [0.25, 0.3) is 11.0 Å². The predicted octanol–water partition coefficient (Wildman–Crippen LogP) is 1.33. The number of H-pyrrole nitrogens is 1. The van der Waals surface area contributed by atoms with Gasteiger partial charge in [0.2, 0.25) is 0 Å². The number of benzene rings is 1. The third-order valence-electron chi connectivity index (χ3n) is 5.18. The number of aromatic nitrogens is 3. The van der Waals surface area contributed by atoms with E-state index in [9.17, 15) is 18.4 Å². The van der Waals surface area contributed by atoms with E-state index >= 15 is 0 Å². The maximum Gasteiger partial charge on any atom is 0.270 e. The van der Waals surface area contributed by atoms with Gasteiger partial charge >= 0.3 is 0 Å². The molecule has 3 N–H and O–H groups in total. The van der Waals surface area contributed by atoms with E-state index in [1.54, 1.807) is 6.07 Å². The lowest BCUT2D eigenvalue weighted by Gasteiger charge is -2.36. The molecule has 3 heterocycles. The summed E-state index contributed by atoms with van der Waals surface area (Å²) in [6.07, 6.45) is 1.43. The molecule has 0 unspecified atom stereocenters. The van der Waals surface area contributed by atoms with Crippen LogP contribution in [0.1, 0.15) is 21.7 Å². The van der Waals surface area contributed by atoms with Gasteiger partial charge in [0.15, 0.2) is 17.3 Å². The number of fused-ring (bicyclic) bond motifs is 1. The Morgan fingerprint density at radius 3 is 2.57 bits per heavy atom.